The van der Waals surface area contributed by atoms with Crippen molar-refractivity contribution in [3.05, 3.63) is 89.0 Å². The summed E-state index contributed by atoms with van der Waals surface area (Å²) in [5.74, 6) is -0.292. The Morgan fingerprint density at radius 2 is 1.72 bits per heavy atom. The average Bonchev–Trinajstić information content (AvgIpc) is 3.34. The minimum atomic E-state index is -0.292. The molecule has 0 fully saturated rings. The fourth-order valence-electron chi connectivity index (χ4n) is 3.09. The zero-order valence-electron chi connectivity index (χ0n) is 16.3. The maximum Gasteiger partial charge on any atom is 0.274 e. The van der Waals surface area contributed by atoms with E-state index in [1.54, 1.807) is 9.36 Å². The van der Waals surface area contributed by atoms with Gasteiger partial charge < -0.3 is 5.32 Å². The third-order valence-electron chi connectivity index (χ3n) is 4.66. The van der Waals surface area contributed by atoms with E-state index in [2.05, 4.69) is 25.9 Å². The molecule has 4 rings (SSSR count). The molecule has 2 aromatic heterocycles. The normalized spacial score (nSPS) is 10.8. The maximum absolute atomic E-state index is 12.6. The number of carbonyl (C=O) groups excluding carboxylic acids is 1. The molecular formula is C21H21N7O. The molecule has 0 unspecified atom stereocenters. The molecule has 0 saturated carbocycles. The molecule has 8 heteroatoms. The van der Waals surface area contributed by atoms with Gasteiger partial charge in [-0.15, -0.1) is 10.2 Å². The summed E-state index contributed by atoms with van der Waals surface area (Å²) >= 11 is 0. The van der Waals surface area contributed by atoms with E-state index >= 15 is 0 Å². The number of nitrogens with one attached hydrogen (secondary N) is 1. The van der Waals surface area contributed by atoms with Crippen molar-refractivity contribution < 1.29 is 4.79 Å². The molecule has 8 nitrogen and oxygen atoms in total. The van der Waals surface area contributed by atoms with Crippen LogP contribution >= 0.6 is 0 Å². The molecular weight excluding hydrogens is 366 g/mol. The third kappa shape index (κ3) is 4.06. The van der Waals surface area contributed by atoms with Gasteiger partial charge in [0.2, 0.25) is 0 Å². The first-order chi connectivity index (χ1) is 14.1. The number of hydrogen-bond acceptors (Lipinski definition) is 5. The number of benzene rings is 2. The van der Waals surface area contributed by atoms with Crippen LogP contribution in [0, 0.1) is 13.8 Å². The van der Waals surface area contributed by atoms with Gasteiger partial charge in [-0.2, -0.15) is 0 Å². The van der Waals surface area contributed by atoms with E-state index in [0.717, 1.165) is 16.8 Å². The average molecular weight is 387 g/mol. The smallest absolute Gasteiger partial charge is 0.274 e. The van der Waals surface area contributed by atoms with Crippen LogP contribution in [-0.4, -0.2) is 35.9 Å². The zero-order chi connectivity index (χ0) is 20.2. The lowest BCUT2D eigenvalue weighted by molar-refractivity contribution is 0.0944. The molecule has 2 heterocycles. The Labute approximate surface area is 168 Å². The van der Waals surface area contributed by atoms with Crippen LogP contribution in [0.2, 0.25) is 0 Å². The number of para-hydroxylation sites is 1. The number of hydrogen-bond donors (Lipinski definition) is 1. The molecule has 0 radical (unpaired) electrons. The lowest BCUT2D eigenvalue weighted by Crippen LogP contribution is -2.24. The van der Waals surface area contributed by atoms with Crippen LogP contribution in [0.3, 0.4) is 0 Å². The quantitative estimate of drug-likeness (QED) is 0.549. The predicted molar refractivity (Wildman–Crippen MR) is 108 cm³/mol. The second-order valence-corrected chi connectivity index (χ2v) is 6.80. The van der Waals surface area contributed by atoms with Gasteiger partial charge >= 0.3 is 0 Å². The van der Waals surface area contributed by atoms with Crippen LogP contribution in [0.25, 0.3) is 5.69 Å². The minimum absolute atomic E-state index is 0.268. The number of aromatic nitrogens is 6. The fourth-order valence-corrected chi connectivity index (χ4v) is 3.09. The first-order valence-electron chi connectivity index (χ1n) is 9.31. The van der Waals surface area contributed by atoms with Gasteiger partial charge in [0, 0.05) is 0 Å². The summed E-state index contributed by atoms with van der Waals surface area (Å²) in [6.45, 7) is 4.72. The lowest BCUT2D eigenvalue weighted by Gasteiger charge is -2.07. The molecule has 0 aliphatic carbocycles. The van der Waals surface area contributed by atoms with Crippen molar-refractivity contribution in [3.8, 4) is 5.69 Å². The highest BCUT2D eigenvalue weighted by molar-refractivity contribution is 5.93. The third-order valence-corrected chi connectivity index (χ3v) is 4.66. The highest BCUT2D eigenvalue weighted by Gasteiger charge is 2.18. The van der Waals surface area contributed by atoms with Crippen molar-refractivity contribution in [2.75, 3.05) is 0 Å². The number of amides is 1. The summed E-state index contributed by atoms with van der Waals surface area (Å²) in [6, 6.07) is 17.8. The Morgan fingerprint density at radius 3 is 2.52 bits per heavy atom. The van der Waals surface area contributed by atoms with E-state index in [1.165, 1.54) is 0 Å². The number of carbonyl (C=O) groups is 1. The van der Waals surface area contributed by atoms with Gasteiger partial charge in [-0.05, 0) is 31.0 Å². The molecule has 0 aliphatic heterocycles. The van der Waals surface area contributed by atoms with E-state index < -0.39 is 0 Å². The van der Waals surface area contributed by atoms with Gasteiger partial charge in [0.05, 0.1) is 30.7 Å². The van der Waals surface area contributed by atoms with Crippen molar-refractivity contribution in [3.63, 3.8) is 0 Å². The Bertz CT molecular complexity index is 1130. The van der Waals surface area contributed by atoms with Gasteiger partial charge in [-0.1, -0.05) is 59.0 Å². The van der Waals surface area contributed by atoms with Crippen molar-refractivity contribution >= 4 is 5.91 Å². The van der Waals surface area contributed by atoms with Crippen molar-refractivity contribution in [1.29, 1.82) is 0 Å². The number of rotatable bonds is 6. The summed E-state index contributed by atoms with van der Waals surface area (Å²) in [6.07, 6.45) is 1.82. The van der Waals surface area contributed by atoms with Crippen molar-refractivity contribution in [2.24, 2.45) is 0 Å². The molecule has 146 valence electrons. The maximum atomic E-state index is 12.6. The first kappa shape index (κ1) is 18.5. The monoisotopic (exact) mass is 387 g/mol. The number of nitrogens with zero attached hydrogens (tertiary/aromatic N) is 6. The van der Waals surface area contributed by atoms with Crippen LogP contribution in [0.4, 0.5) is 0 Å². The molecule has 0 bridgehead atoms. The van der Waals surface area contributed by atoms with Crippen molar-refractivity contribution in [1.82, 2.24) is 35.3 Å². The second-order valence-electron chi connectivity index (χ2n) is 6.80. The highest BCUT2D eigenvalue weighted by Crippen LogP contribution is 2.16. The predicted octanol–water partition coefficient (Wildman–Crippen LogP) is 2.45. The Hall–Kier alpha value is -3.81. The minimum Gasteiger partial charge on any atom is -0.345 e. The summed E-state index contributed by atoms with van der Waals surface area (Å²) in [4.78, 5) is 12.6. The Morgan fingerprint density at radius 1 is 0.966 bits per heavy atom. The SMILES string of the molecule is Cc1ccccc1-n1nnc(C(=O)NCc2cn(Cc3ccccc3)nn2)c1C. The molecule has 1 amide bonds. The molecule has 29 heavy (non-hydrogen) atoms. The van der Waals surface area contributed by atoms with Gasteiger partial charge in [-0.25, -0.2) is 9.36 Å². The number of aryl methyl sites for hydroxylation is 1. The topological polar surface area (TPSA) is 90.5 Å². The van der Waals surface area contributed by atoms with Crippen LogP contribution in [0.15, 0.2) is 60.8 Å². The molecule has 0 aliphatic rings. The summed E-state index contributed by atoms with van der Waals surface area (Å²) in [5.41, 5.74) is 4.76. The molecule has 0 atom stereocenters. The molecule has 2 aromatic carbocycles. The van der Waals surface area contributed by atoms with Gasteiger partial charge in [0.1, 0.15) is 5.69 Å². The standard InChI is InChI=1S/C21H21N7O/c1-15-8-6-7-11-19(15)28-16(2)20(24-26-28)21(29)22-12-18-14-27(25-23-18)13-17-9-4-3-5-10-17/h3-11,14H,12-13H2,1-2H3,(H,22,29). The van der Waals surface area contributed by atoms with Gasteiger partial charge in [0.25, 0.3) is 5.91 Å². The Kier molecular flexibility index (Phi) is 5.15. The van der Waals surface area contributed by atoms with E-state index in [-0.39, 0.29) is 12.5 Å². The summed E-state index contributed by atoms with van der Waals surface area (Å²) in [7, 11) is 0. The van der Waals surface area contributed by atoms with Crippen LogP contribution in [0.5, 0.6) is 0 Å². The highest BCUT2D eigenvalue weighted by atomic mass is 16.2. The van der Waals surface area contributed by atoms with Crippen LogP contribution in [0.1, 0.15) is 33.0 Å². The van der Waals surface area contributed by atoms with Crippen molar-refractivity contribution in [2.45, 2.75) is 26.9 Å². The molecule has 1 N–H and O–H groups in total. The lowest BCUT2D eigenvalue weighted by atomic mass is 10.2. The van der Waals surface area contributed by atoms with E-state index in [1.807, 2.05) is 74.6 Å². The van der Waals surface area contributed by atoms with Crippen LogP contribution < -0.4 is 5.32 Å². The van der Waals surface area contributed by atoms with Gasteiger partial charge in [0.15, 0.2) is 5.69 Å². The first-order valence-corrected chi connectivity index (χ1v) is 9.31. The fraction of sp³-hybridized carbons (Fsp3) is 0.190. The van der Waals surface area contributed by atoms with E-state index in [9.17, 15) is 4.79 Å². The summed E-state index contributed by atoms with van der Waals surface area (Å²) < 4.78 is 3.43. The Balaban J connectivity index is 1.41. The molecule has 0 saturated heterocycles. The van der Waals surface area contributed by atoms with E-state index in [0.29, 0.717) is 23.6 Å². The van der Waals surface area contributed by atoms with E-state index in [4.69, 9.17) is 0 Å². The largest absolute Gasteiger partial charge is 0.345 e. The molecule has 0 spiro atoms. The summed E-state index contributed by atoms with van der Waals surface area (Å²) in [5, 5.41) is 19.3. The second kappa shape index (κ2) is 8.05. The molecule has 4 aromatic rings. The zero-order valence-corrected chi connectivity index (χ0v) is 16.3. The van der Waals surface area contributed by atoms with Crippen LogP contribution in [-0.2, 0) is 13.1 Å². The van der Waals surface area contributed by atoms with Gasteiger partial charge in [-0.3, -0.25) is 4.79 Å².